The Morgan fingerprint density at radius 3 is 2.52 bits per heavy atom. The second-order valence-electron chi connectivity index (χ2n) is 4.70. The molecule has 0 radical (unpaired) electrons. The summed E-state index contributed by atoms with van der Waals surface area (Å²) in [5.41, 5.74) is 7.21. The highest BCUT2D eigenvalue weighted by Crippen LogP contribution is 2.27. The van der Waals surface area contributed by atoms with E-state index in [-0.39, 0.29) is 12.2 Å². The zero-order valence-corrected chi connectivity index (χ0v) is 12.7. The molecule has 6 heteroatoms. The molecule has 2 rings (SSSR count). The van der Waals surface area contributed by atoms with Gasteiger partial charge in [-0.15, -0.1) is 0 Å². The molecular weight excluding hydrogens is 291 g/mol. The third-order valence-electron chi connectivity index (χ3n) is 3.10. The first kappa shape index (κ1) is 15.3. The van der Waals surface area contributed by atoms with Gasteiger partial charge in [-0.1, -0.05) is 12.1 Å². The van der Waals surface area contributed by atoms with E-state index in [1.165, 1.54) is 6.07 Å². The number of hydrogen-bond acceptors (Lipinski definition) is 3. The van der Waals surface area contributed by atoms with Crippen LogP contribution in [0, 0.1) is 12.7 Å². The number of hydrogen-bond donors (Lipinski definition) is 1. The monoisotopic (exact) mass is 308 g/mol. The van der Waals surface area contributed by atoms with Crippen molar-refractivity contribution in [3.05, 3.63) is 53.8 Å². The Balaban J connectivity index is 2.57. The molecule has 0 aromatic heterocycles. The number of nitrogen functional groups attached to an aromatic ring is 1. The number of rotatable bonds is 4. The zero-order chi connectivity index (χ0) is 15.6. The molecule has 112 valence electrons. The Morgan fingerprint density at radius 1 is 1.19 bits per heavy atom. The predicted molar refractivity (Wildman–Crippen MR) is 82.2 cm³/mol. The van der Waals surface area contributed by atoms with E-state index in [0.29, 0.717) is 5.69 Å². The molecule has 0 aliphatic carbocycles. The summed E-state index contributed by atoms with van der Waals surface area (Å²) in [5, 5.41) is 0. The van der Waals surface area contributed by atoms with Crippen LogP contribution < -0.4 is 10.0 Å². The summed E-state index contributed by atoms with van der Waals surface area (Å²) in [6.45, 7) is 3.76. The Kier molecular flexibility index (Phi) is 4.18. The molecule has 0 saturated heterocycles. The SMILES string of the molecule is CCN(c1cccc(C)c1)S(=O)(=O)c1cc(N)ccc1F. The molecule has 0 heterocycles. The molecule has 2 aromatic carbocycles. The smallest absolute Gasteiger partial charge is 0.267 e. The van der Waals surface area contributed by atoms with Gasteiger partial charge in [0.2, 0.25) is 0 Å². The van der Waals surface area contributed by atoms with Crippen molar-refractivity contribution in [2.75, 3.05) is 16.6 Å². The predicted octanol–water partition coefficient (Wildman–Crippen LogP) is 2.93. The zero-order valence-electron chi connectivity index (χ0n) is 11.9. The molecule has 0 spiro atoms. The number of benzene rings is 2. The van der Waals surface area contributed by atoms with Gasteiger partial charge in [0.05, 0.1) is 5.69 Å². The maximum atomic E-state index is 13.9. The molecule has 4 nitrogen and oxygen atoms in total. The van der Waals surface area contributed by atoms with Crippen LogP contribution in [-0.2, 0) is 10.0 Å². The summed E-state index contributed by atoms with van der Waals surface area (Å²) in [4.78, 5) is -0.411. The fourth-order valence-electron chi connectivity index (χ4n) is 2.11. The van der Waals surface area contributed by atoms with E-state index in [9.17, 15) is 12.8 Å². The van der Waals surface area contributed by atoms with Crippen LogP contribution in [0.5, 0.6) is 0 Å². The lowest BCUT2D eigenvalue weighted by Crippen LogP contribution is -2.31. The summed E-state index contributed by atoms with van der Waals surface area (Å²) in [5.74, 6) is -0.810. The summed E-state index contributed by atoms with van der Waals surface area (Å²) in [6.07, 6.45) is 0. The van der Waals surface area contributed by atoms with Gasteiger partial charge in [0.25, 0.3) is 10.0 Å². The molecule has 2 N–H and O–H groups in total. The molecule has 0 unspecified atom stereocenters. The molecular formula is C15H17FN2O2S. The lowest BCUT2D eigenvalue weighted by atomic mass is 10.2. The normalized spacial score (nSPS) is 11.4. The highest BCUT2D eigenvalue weighted by Gasteiger charge is 2.27. The van der Waals surface area contributed by atoms with Crippen molar-refractivity contribution in [1.29, 1.82) is 0 Å². The van der Waals surface area contributed by atoms with Crippen molar-refractivity contribution < 1.29 is 12.8 Å². The molecule has 0 aliphatic heterocycles. The van der Waals surface area contributed by atoms with Crippen molar-refractivity contribution in [3.63, 3.8) is 0 Å². The van der Waals surface area contributed by atoms with Crippen molar-refractivity contribution >= 4 is 21.4 Å². The van der Waals surface area contributed by atoms with E-state index < -0.39 is 20.7 Å². The van der Waals surface area contributed by atoms with Crippen molar-refractivity contribution in [2.24, 2.45) is 0 Å². The molecule has 0 amide bonds. The quantitative estimate of drug-likeness (QED) is 0.883. The second-order valence-corrected chi connectivity index (χ2v) is 6.53. The van der Waals surface area contributed by atoms with Gasteiger partial charge in [-0.25, -0.2) is 12.8 Å². The highest BCUT2D eigenvalue weighted by atomic mass is 32.2. The minimum atomic E-state index is -4.00. The summed E-state index contributed by atoms with van der Waals surface area (Å²) < 4.78 is 40.4. The van der Waals surface area contributed by atoms with Gasteiger partial charge in [-0.2, -0.15) is 0 Å². The number of halogens is 1. The number of anilines is 2. The molecule has 0 saturated carbocycles. The van der Waals surface area contributed by atoms with Crippen molar-refractivity contribution in [1.82, 2.24) is 0 Å². The first-order chi connectivity index (χ1) is 9.86. The Labute approximate surface area is 124 Å². The van der Waals surface area contributed by atoms with Crippen LogP contribution in [0.25, 0.3) is 0 Å². The number of sulfonamides is 1. The molecule has 0 aliphatic rings. The van der Waals surface area contributed by atoms with Crippen LogP contribution in [0.15, 0.2) is 47.4 Å². The van der Waals surface area contributed by atoms with E-state index >= 15 is 0 Å². The van der Waals surface area contributed by atoms with Crippen LogP contribution in [0.3, 0.4) is 0 Å². The fourth-order valence-corrected chi connectivity index (χ4v) is 3.68. The van der Waals surface area contributed by atoms with Gasteiger partial charge in [-0.3, -0.25) is 4.31 Å². The average Bonchev–Trinajstić information content (AvgIpc) is 2.42. The summed E-state index contributed by atoms with van der Waals surface area (Å²) in [6, 6.07) is 10.6. The Morgan fingerprint density at radius 2 is 1.90 bits per heavy atom. The average molecular weight is 308 g/mol. The number of nitrogens with zero attached hydrogens (tertiary/aromatic N) is 1. The van der Waals surface area contributed by atoms with Crippen LogP contribution >= 0.6 is 0 Å². The molecule has 2 aromatic rings. The Bertz CT molecular complexity index is 760. The van der Waals surface area contributed by atoms with Crippen molar-refractivity contribution in [2.45, 2.75) is 18.7 Å². The minimum Gasteiger partial charge on any atom is -0.399 e. The molecule has 0 bridgehead atoms. The van der Waals surface area contributed by atoms with E-state index in [0.717, 1.165) is 22.0 Å². The van der Waals surface area contributed by atoms with E-state index in [1.54, 1.807) is 25.1 Å². The standard InChI is InChI=1S/C15H17FN2O2S/c1-3-18(13-6-4-5-11(2)9-13)21(19,20)15-10-12(17)7-8-14(15)16/h4-10H,3,17H2,1-2H3. The maximum absolute atomic E-state index is 13.9. The largest absolute Gasteiger partial charge is 0.399 e. The first-order valence-corrected chi connectivity index (χ1v) is 7.94. The van der Waals surface area contributed by atoms with E-state index in [4.69, 9.17) is 5.73 Å². The van der Waals surface area contributed by atoms with Gasteiger partial charge in [0.15, 0.2) is 0 Å². The van der Waals surface area contributed by atoms with Gasteiger partial charge in [-0.05, 0) is 49.7 Å². The van der Waals surface area contributed by atoms with Crippen LogP contribution in [0.2, 0.25) is 0 Å². The molecule has 21 heavy (non-hydrogen) atoms. The van der Waals surface area contributed by atoms with Gasteiger partial charge in [0, 0.05) is 12.2 Å². The first-order valence-electron chi connectivity index (χ1n) is 6.50. The molecule has 0 atom stereocenters. The lowest BCUT2D eigenvalue weighted by Gasteiger charge is -2.23. The maximum Gasteiger partial charge on any atom is 0.267 e. The van der Waals surface area contributed by atoms with E-state index in [2.05, 4.69) is 0 Å². The van der Waals surface area contributed by atoms with Gasteiger partial charge in [0.1, 0.15) is 10.7 Å². The third kappa shape index (κ3) is 3.00. The fraction of sp³-hybridized carbons (Fsp3) is 0.200. The van der Waals surface area contributed by atoms with Gasteiger partial charge < -0.3 is 5.73 Å². The minimum absolute atomic E-state index is 0.194. The number of nitrogens with two attached hydrogens (primary N) is 1. The van der Waals surface area contributed by atoms with Gasteiger partial charge >= 0.3 is 0 Å². The van der Waals surface area contributed by atoms with Crippen molar-refractivity contribution in [3.8, 4) is 0 Å². The lowest BCUT2D eigenvalue weighted by molar-refractivity contribution is 0.564. The van der Waals surface area contributed by atoms with Crippen LogP contribution in [0.1, 0.15) is 12.5 Å². The summed E-state index contributed by atoms with van der Waals surface area (Å²) in [7, 11) is -4.00. The third-order valence-corrected chi connectivity index (χ3v) is 5.02. The molecule has 0 fully saturated rings. The van der Waals surface area contributed by atoms with Crippen LogP contribution in [-0.4, -0.2) is 15.0 Å². The number of aryl methyl sites for hydroxylation is 1. The highest BCUT2D eigenvalue weighted by molar-refractivity contribution is 7.92. The summed E-state index contributed by atoms with van der Waals surface area (Å²) >= 11 is 0. The second kappa shape index (κ2) is 5.73. The Hall–Kier alpha value is -2.08. The topological polar surface area (TPSA) is 63.4 Å². The van der Waals surface area contributed by atoms with Crippen LogP contribution in [0.4, 0.5) is 15.8 Å². The van der Waals surface area contributed by atoms with E-state index in [1.807, 2.05) is 13.0 Å².